The zero-order valence-electron chi connectivity index (χ0n) is 10.8. The van der Waals surface area contributed by atoms with Gasteiger partial charge in [0, 0.05) is 23.8 Å². The van der Waals surface area contributed by atoms with Crippen LogP contribution in [0.4, 0.5) is 5.69 Å². The van der Waals surface area contributed by atoms with Crippen LogP contribution in [-0.4, -0.2) is 23.9 Å². The maximum atomic E-state index is 12.4. The Labute approximate surface area is 113 Å². The van der Waals surface area contributed by atoms with Crippen LogP contribution in [0.1, 0.15) is 30.6 Å². The normalized spacial score (nSPS) is 24.1. The SMILES string of the molecule is C[C@@H]1C[C@@H](C)CN(C(=O)c2ccc(Cl)cc2N)C1. The van der Waals surface area contributed by atoms with E-state index in [1.165, 1.54) is 6.42 Å². The average Bonchev–Trinajstić information content (AvgIpc) is 2.26. The van der Waals surface area contributed by atoms with Crippen molar-refractivity contribution in [2.24, 2.45) is 11.8 Å². The van der Waals surface area contributed by atoms with Gasteiger partial charge >= 0.3 is 0 Å². The lowest BCUT2D eigenvalue weighted by Crippen LogP contribution is -2.42. The summed E-state index contributed by atoms with van der Waals surface area (Å²) in [5.41, 5.74) is 6.88. The van der Waals surface area contributed by atoms with E-state index in [0.29, 0.717) is 28.1 Å². The zero-order chi connectivity index (χ0) is 13.3. The van der Waals surface area contributed by atoms with Crippen molar-refractivity contribution in [2.75, 3.05) is 18.8 Å². The maximum absolute atomic E-state index is 12.4. The molecule has 2 N–H and O–H groups in total. The molecule has 1 aliphatic rings. The van der Waals surface area contributed by atoms with Gasteiger partial charge in [-0.05, 0) is 36.5 Å². The van der Waals surface area contributed by atoms with E-state index in [2.05, 4.69) is 13.8 Å². The van der Waals surface area contributed by atoms with Gasteiger partial charge in [0.25, 0.3) is 5.91 Å². The van der Waals surface area contributed by atoms with Gasteiger partial charge in [0.1, 0.15) is 0 Å². The van der Waals surface area contributed by atoms with E-state index in [-0.39, 0.29) is 5.91 Å². The number of nitrogens with two attached hydrogens (primary N) is 1. The molecule has 18 heavy (non-hydrogen) atoms. The van der Waals surface area contributed by atoms with Crippen LogP contribution in [0, 0.1) is 11.8 Å². The molecule has 0 unspecified atom stereocenters. The fourth-order valence-corrected chi connectivity index (χ4v) is 2.91. The fourth-order valence-electron chi connectivity index (χ4n) is 2.73. The quantitative estimate of drug-likeness (QED) is 0.794. The molecular formula is C14H19ClN2O. The van der Waals surface area contributed by atoms with Crippen molar-refractivity contribution in [1.29, 1.82) is 0 Å². The Kier molecular flexibility index (Phi) is 3.81. The number of amides is 1. The van der Waals surface area contributed by atoms with Gasteiger partial charge in [-0.15, -0.1) is 0 Å². The van der Waals surface area contributed by atoms with E-state index in [4.69, 9.17) is 17.3 Å². The molecule has 0 saturated carbocycles. The number of nitrogen functional groups attached to an aromatic ring is 1. The molecule has 0 aromatic heterocycles. The maximum Gasteiger partial charge on any atom is 0.255 e. The van der Waals surface area contributed by atoms with Crippen molar-refractivity contribution in [3.63, 3.8) is 0 Å². The Morgan fingerprint density at radius 2 is 1.94 bits per heavy atom. The third kappa shape index (κ3) is 2.78. The number of rotatable bonds is 1. The lowest BCUT2D eigenvalue weighted by Gasteiger charge is -2.35. The highest BCUT2D eigenvalue weighted by Gasteiger charge is 2.26. The van der Waals surface area contributed by atoms with Gasteiger partial charge in [-0.3, -0.25) is 4.79 Å². The van der Waals surface area contributed by atoms with E-state index in [1.807, 2.05) is 4.90 Å². The minimum absolute atomic E-state index is 0.0163. The van der Waals surface area contributed by atoms with Crippen LogP contribution >= 0.6 is 11.6 Å². The second kappa shape index (κ2) is 5.19. The molecule has 0 aliphatic carbocycles. The van der Waals surface area contributed by atoms with Crippen molar-refractivity contribution < 1.29 is 4.79 Å². The summed E-state index contributed by atoms with van der Waals surface area (Å²) < 4.78 is 0. The van der Waals surface area contributed by atoms with Gasteiger partial charge in [-0.25, -0.2) is 0 Å². The highest BCUT2D eigenvalue weighted by atomic mass is 35.5. The first-order chi connectivity index (χ1) is 8.47. The van der Waals surface area contributed by atoms with Gasteiger partial charge in [0.15, 0.2) is 0 Å². The number of halogens is 1. The van der Waals surface area contributed by atoms with Gasteiger partial charge < -0.3 is 10.6 Å². The summed E-state index contributed by atoms with van der Waals surface area (Å²) in [5.74, 6) is 1.11. The second-order valence-corrected chi connectivity index (χ2v) is 5.82. The van der Waals surface area contributed by atoms with Gasteiger partial charge in [0.05, 0.1) is 5.56 Å². The number of anilines is 1. The summed E-state index contributed by atoms with van der Waals surface area (Å²) in [6.45, 7) is 5.98. The first-order valence-electron chi connectivity index (χ1n) is 6.31. The molecule has 1 fully saturated rings. The smallest absolute Gasteiger partial charge is 0.255 e. The number of nitrogens with zero attached hydrogens (tertiary/aromatic N) is 1. The lowest BCUT2D eigenvalue weighted by molar-refractivity contribution is 0.0624. The first-order valence-corrected chi connectivity index (χ1v) is 6.69. The van der Waals surface area contributed by atoms with E-state index < -0.39 is 0 Å². The highest BCUT2D eigenvalue weighted by molar-refractivity contribution is 6.31. The van der Waals surface area contributed by atoms with Gasteiger partial charge in [-0.2, -0.15) is 0 Å². The summed E-state index contributed by atoms with van der Waals surface area (Å²) >= 11 is 5.85. The highest BCUT2D eigenvalue weighted by Crippen LogP contribution is 2.25. The number of hydrogen-bond donors (Lipinski definition) is 1. The minimum atomic E-state index is 0.0163. The average molecular weight is 267 g/mol. The summed E-state index contributed by atoms with van der Waals surface area (Å²) in [6, 6.07) is 5.05. The van der Waals surface area contributed by atoms with Crippen LogP contribution in [0.15, 0.2) is 18.2 Å². The van der Waals surface area contributed by atoms with Crippen LogP contribution < -0.4 is 5.73 Å². The number of carbonyl (C=O) groups is 1. The Balaban J connectivity index is 2.20. The molecule has 98 valence electrons. The Morgan fingerprint density at radius 1 is 1.33 bits per heavy atom. The standard InChI is InChI=1S/C14H19ClN2O/c1-9-5-10(2)8-17(7-9)14(18)12-4-3-11(15)6-13(12)16/h3-4,6,9-10H,5,7-8,16H2,1-2H3/t9-,10-/m1/s1. The summed E-state index contributed by atoms with van der Waals surface area (Å²) in [4.78, 5) is 14.3. The Hall–Kier alpha value is -1.22. The molecular weight excluding hydrogens is 248 g/mol. The minimum Gasteiger partial charge on any atom is -0.398 e. The Bertz CT molecular complexity index is 451. The summed E-state index contributed by atoms with van der Waals surface area (Å²) in [6.07, 6.45) is 1.18. The largest absolute Gasteiger partial charge is 0.398 e. The molecule has 0 spiro atoms. The molecule has 2 atom stereocenters. The molecule has 1 aliphatic heterocycles. The van der Waals surface area contributed by atoms with Crippen LogP contribution in [-0.2, 0) is 0 Å². The van der Waals surface area contributed by atoms with Crippen molar-refractivity contribution in [3.05, 3.63) is 28.8 Å². The van der Waals surface area contributed by atoms with Crippen molar-refractivity contribution in [1.82, 2.24) is 4.90 Å². The van der Waals surface area contributed by atoms with E-state index >= 15 is 0 Å². The van der Waals surface area contributed by atoms with Gasteiger partial charge in [-0.1, -0.05) is 25.4 Å². The number of likely N-dealkylation sites (tertiary alicyclic amines) is 1. The number of piperidine rings is 1. The second-order valence-electron chi connectivity index (χ2n) is 5.39. The predicted molar refractivity (Wildman–Crippen MR) is 74.7 cm³/mol. The molecule has 0 radical (unpaired) electrons. The molecule has 1 amide bonds. The molecule has 4 heteroatoms. The van der Waals surface area contributed by atoms with Crippen molar-refractivity contribution >= 4 is 23.2 Å². The first kappa shape index (κ1) is 13.2. The lowest BCUT2D eigenvalue weighted by atomic mass is 9.91. The molecule has 1 aromatic carbocycles. The molecule has 1 aromatic rings. The molecule has 1 heterocycles. The Morgan fingerprint density at radius 3 is 2.50 bits per heavy atom. The van der Waals surface area contributed by atoms with Crippen LogP contribution in [0.5, 0.6) is 0 Å². The molecule has 3 nitrogen and oxygen atoms in total. The topological polar surface area (TPSA) is 46.3 Å². The van der Waals surface area contributed by atoms with Crippen molar-refractivity contribution in [2.45, 2.75) is 20.3 Å². The number of carbonyl (C=O) groups excluding carboxylic acids is 1. The zero-order valence-corrected chi connectivity index (χ0v) is 11.6. The van der Waals surface area contributed by atoms with Crippen LogP contribution in [0.2, 0.25) is 5.02 Å². The van der Waals surface area contributed by atoms with E-state index in [1.54, 1.807) is 18.2 Å². The van der Waals surface area contributed by atoms with Gasteiger partial charge in [0.2, 0.25) is 0 Å². The molecule has 0 bridgehead atoms. The summed E-state index contributed by atoms with van der Waals surface area (Å²) in [7, 11) is 0. The van der Waals surface area contributed by atoms with Crippen molar-refractivity contribution in [3.8, 4) is 0 Å². The van der Waals surface area contributed by atoms with E-state index in [9.17, 15) is 4.79 Å². The van der Waals surface area contributed by atoms with Crippen LogP contribution in [0.3, 0.4) is 0 Å². The third-order valence-corrected chi connectivity index (χ3v) is 3.64. The number of benzene rings is 1. The predicted octanol–water partition coefficient (Wildman–Crippen LogP) is 3.04. The molecule has 2 rings (SSSR count). The molecule has 1 saturated heterocycles. The van der Waals surface area contributed by atoms with Crippen LogP contribution in [0.25, 0.3) is 0 Å². The fraction of sp³-hybridized carbons (Fsp3) is 0.500. The third-order valence-electron chi connectivity index (χ3n) is 3.40. The monoisotopic (exact) mass is 266 g/mol. The summed E-state index contributed by atoms with van der Waals surface area (Å²) in [5, 5.41) is 0.560. The number of hydrogen-bond acceptors (Lipinski definition) is 2. The van der Waals surface area contributed by atoms with E-state index in [0.717, 1.165) is 13.1 Å².